The van der Waals surface area contributed by atoms with Crippen LogP contribution >= 0.6 is 0 Å². The van der Waals surface area contributed by atoms with Gasteiger partial charge in [0, 0.05) is 5.56 Å². The minimum absolute atomic E-state index is 0. The maximum Gasteiger partial charge on any atom is 1.00 e. The fraction of sp³-hybridized carbons (Fsp3) is 0.400. The molecule has 0 aromatic heterocycles. The Hall–Kier alpha value is 0.0600. The van der Waals surface area contributed by atoms with E-state index in [9.17, 15) is 31.0 Å². The van der Waals surface area contributed by atoms with Gasteiger partial charge in [-0.25, -0.2) is 16.8 Å². The molecule has 2 aromatic carbocycles. The monoisotopic (exact) mass is 486 g/mol. The van der Waals surface area contributed by atoms with Gasteiger partial charge in [0.25, 0.3) is 0 Å². The minimum Gasteiger partial charge on any atom is -0.744 e. The molecular weight excluding hydrogens is 462 g/mol. The van der Waals surface area contributed by atoms with E-state index >= 15 is 0 Å². The number of phenolic OH excluding ortho intramolecular Hbond substituents is 1. The second kappa shape index (κ2) is 13.1. The molecule has 0 fully saturated rings. The van der Waals surface area contributed by atoms with Gasteiger partial charge in [0.05, 0.1) is 4.90 Å². The van der Waals surface area contributed by atoms with Gasteiger partial charge in [-0.1, -0.05) is 57.0 Å². The van der Waals surface area contributed by atoms with Gasteiger partial charge in [-0.2, -0.15) is 0 Å². The Labute approximate surface area is 228 Å². The topological polar surface area (TPSA) is 135 Å². The number of unbranched alkanes of at least 4 members (excludes halogenated alkanes) is 2. The Balaban J connectivity index is 0.00000450. The van der Waals surface area contributed by atoms with E-state index in [2.05, 4.69) is 0 Å². The number of benzene rings is 2. The Bertz CT molecular complexity index is 1080. The van der Waals surface area contributed by atoms with Crippen molar-refractivity contribution in [1.29, 1.82) is 0 Å². The first-order chi connectivity index (χ1) is 13.5. The van der Waals surface area contributed by atoms with Crippen LogP contribution in [0.1, 0.15) is 50.7 Å². The van der Waals surface area contributed by atoms with Gasteiger partial charge in [0.1, 0.15) is 30.9 Å². The third-order valence-electron chi connectivity index (χ3n) is 4.72. The fourth-order valence-corrected chi connectivity index (χ4v) is 5.60. The van der Waals surface area contributed by atoms with Crippen molar-refractivity contribution >= 4 is 20.2 Å². The predicted octanol–water partition coefficient (Wildman–Crippen LogP) is -2.44. The van der Waals surface area contributed by atoms with Gasteiger partial charge in [0.2, 0.25) is 0 Å². The number of aromatic hydroxyl groups is 1. The van der Waals surface area contributed by atoms with E-state index < -0.39 is 35.8 Å². The summed E-state index contributed by atoms with van der Waals surface area (Å²) in [4.78, 5) is -2.46. The van der Waals surface area contributed by atoms with Crippen LogP contribution < -0.4 is 59.1 Å². The Morgan fingerprint density at radius 1 is 0.774 bits per heavy atom. The molecule has 0 atom stereocenters. The summed E-state index contributed by atoms with van der Waals surface area (Å²) in [7, 11) is -10.8. The molecule has 2 aromatic rings. The van der Waals surface area contributed by atoms with Crippen LogP contribution in [0.15, 0.2) is 40.1 Å². The molecule has 0 amide bonds. The molecular formula is C20H24Na2O7S2. The van der Waals surface area contributed by atoms with Crippen molar-refractivity contribution in [2.24, 2.45) is 0 Å². The molecule has 0 unspecified atom stereocenters. The second-order valence-electron chi connectivity index (χ2n) is 6.82. The first-order valence-corrected chi connectivity index (χ1v) is 12.2. The van der Waals surface area contributed by atoms with E-state index in [0.29, 0.717) is 36.8 Å². The zero-order chi connectivity index (χ0) is 21.8. The Morgan fingerprint density at radius 3 is 1.65 bits per heavy atom. The van der Waals surface area contributed by atoms with Crippen LogP contribution in [0, 0.1) is 0 Å². The van der Waals surface area contributed by atoms with Crippen molar-refractivity contribution < 1.29 is 90.2 Å². The first-order valence-electron chi connectivity index (χ1n) is 9.41. The zero-order valence-corrected chi connectivity index (χ0v) is 24.0. The molecule has 1 N–H and O–H groups in total. The number of hydrogen-bond acceptors (Lipinski definition) is 7. The molecule has 31 heavy (non-hydrogen) atoms. The van der Waals surface area contributed by atoms with E-state index in [4.69, 9.17) is 0 Å². The molecule has 0 bridgehead atoms. The van der Waals surface area contributed by atoms with Crippen LogP contribution in [-0.2, 0) is 33.1 Å². The summed E-state index contributed by atoms with van der Waals surface area (Å²) in [6.45, 7) is 3.79. The number of rotatable bonds is 9. The predicted molar refractivity (Wildman–Crippen MR) is 107 cm³/mol. The quantitative estimate of drug-likeness (QED) is 0.307. The second-order valence-corrected chi connectivity index (χ2v) is 9.45. The normalized spacial score (nSPS) is 11.5. The third-order valence-corrected chi connectivity index (χ3v) is 6.70. The maximum atomic E-state index is 12.0. The van der Waals surface area contributed by atoms with Crippen molar-refractivity contribution in [2.75, 3.05) is 0 Å². The molecule has 0 aliphatic rings. The molecule has 160 valence electrons. The zero-order valence-electron chi connectivity index (χ0n) is 18.3. The van der Waals surface area contributed by atoms with E-state index in [1.165, 1.54) is 0 Å². The molecule has 0 saturated carbocycles. The molecule has 0 saturated heterocycles. The molecule has 0 aliphatic heterocycles. The standard InChI is InChI=1S/C20H26O7S2.2Na/c1-3-5-12-15-16(13-6-4-2)19(28(22,23)24)20(29(25,26)27)18(21)17(15)14-10-8-7-9-11-14;;/h7-11,21H,3-6,12-13H2,1-2H3,(H,22,23,24)(H,25,26,27);;/q;2*+1/p-2. The van der Waals surface area contributed by atoms with Crippen LogP contribution in [0.5, 0.6) is 5.75 Å². The summed E-state index contributed by atoms with van der Waals surface area (Å²) >= 11 is 0. The van der Waals surface area contributed by atoms with E-state index in [1.54, 1.807) is 30.3 Å². The van der Waals surface area contributed by atoms with Crippen LogP contribution in [0.3, 0.4) is 0 Å². The van der Waals surface area contributed by atoms with Crippen LogP contribution in [0.4, 0.5) is 0 Å². The van der Waals surface area contributed by atoms with E-state index in [-0.39, 0.29) is 76.7 Å². The van der Waals surface area contributed by atoms with Crippen LogP contribution in [0.25, 0.3) is 11.1 Å². The number of phenols is 1. The summed E-state index contributed by atoms with van der Waals surface area (Å²) in [6.07, 6.45) is 2.96. The molecule has 2 rings (SSSR count). The molecule has 0 spiro atoms. The van der Waals surface area contributed by atoms with Gasteiger partial charge < -0.3 is 14.2 Å². The Morgan fingerprint density at radius 2 is 1.23 bits per heavy atom. The number of hydrogen-bond donors (Lipinski definition) is 1. The fourth-order valence-electron chi connectivity index (χ4n) is 3.45. The van der Waals surface area contributed by atoms with Gasteiger partial charge in [0.15, 0.2) is 0 Å². The van der Waals surface area contributed by atoms with Gasteiger partial charge in [-0.15, -0.1) is 0 Å². The molecule has 0 aliphatic carbocycles. The summed E-state index contributed by atoms with van der Waals surface area (Å²) in [6, 6.07) is 8.33. The first kappa shape index (κ1) is 31.1. The van der Waals surface area contributed by atoms with Gasteiger partial charge in [-0.3, -0.25) is 0 Å². The minimum atomic E-state index is -5.44. The van der Waals surface area contributed by atoms with Crippen molar-refractivity contribution in [1.82, 2.24) is 0 Å². The SMILES string of the molecule is CCCCc1c(CCCC)c(S(=O)(=O)[O-])c(S(=O)(=O)[O-])c(O)c1-c1ccccc1.[Na+].[Na+]. The summed E-state index contributed by atoms with van der Waals surface area (Å²) in [5.74, 6) is -0.980. The van der Waals surface area contributed by atoms with Crippen molar-refractivity contribution in [2.45, 2.75) is 62.2 Å². The van der Waals surface area contributed by atoms with Crippen molar-refractivity contribution in [3.05, 3.63) is 41.5 Å². The average Bonchev–Trinajstić information content (AvgIpc) is 2.63. The van der Waals surface area contributed by atoms with Crippen LogP contribution in [0.2, 0.25) is 0 Å². The molecule has 0 radical (unpaired) electrons. The van der Waals surface area contributed by atoms with Crippen molar-refractivity contribution in [3.63, 3.8) is 0 Å². The van der Waals surface area contributed by atoms with E-state index in [0.717, 1.165) is 6.42 Å². The van der Waals surface area contributed by atoms with Crippen LogP contribution in [-0.4, -0.2) is 31.0 Å². The molecule has 7 nitrogen and oxygen atoms in total. The van der Waals surface area contributed by atoms with Gasteiger partial charge in [-0.05, 0) is 42.4 Å². The van der Waals surface area contributed by atoms with Gasteiger partial charge >= 0.3 is 59.1 Å². The summed E-state index contributed by atoms with van der Waals surface area (Å²) in [5, 5.41) is 10.8. The summed E-state index contributed by atoms with van der Waals surface area (Å²) in [5.41, 5.74) is 0.938. The van der Waals surface area contributed by atoms with Crippen molar-refractivity contribution in [3.8, 4) is 16.9 Å². The summed E-state index contributed by atoms with van der Waals surface area (Å²) < 4.78 is 71.9. The van der Waals surface area contributed by atoms with E-state index in [1.807, 2.05) is 13.8 Å². The Kier molecular flexibility index (Phi) is 13.1. The smallest absolute Gasteiger partial charge is 0.744 e. The molecule has 11 heteroatoms. The third kappa shape index (κ3) is 7.53. The maximum absolute atomic E-state index is 12.0. The largest absolute Gasteiger partial charge is 1.00 e. The molecule has 0 heterocycles. The average molecular weight is 487 g/mol.